The standard InChI is InChI=1S/C37H28BN2Si/c1-22-18-28(26-13-8-12-25-27-20-23-10-4-5-11-24(23)21-30(27)39-36(25)26)35-32(19-22)40-31-15-6-7-16-33(31)41(2,3)34-17-9-14-29(38-35)37(34)40/h4-21,39H,1-3H3. The average Bonchev–Trinajstić information content (AvgIpc) is 3.35. The Hall–Kier alpha value is -4.54. The molecule has 0 atom stereocenters. The Bertz CT molecular complexity index is 2240. The lowest BCUT2D eigenvalue weighted by molar-refractivity contribution is 1.28. The van der Waals surface area contributed by atoms with Crippen molar-refractivity contribution < 1.29 is 0 Å². The molecule has 0 bridgehead atoms. The normalized spacial score (nSPS) is 14.6. The van der Waals surface area contributed by atoms with Gasteiger partial charge < -0.3 is 9.88 Å². The molecule has 6 aromatic carbocycles. The van der Waals surface area contributed by atoms with Gasteiger partial charge in [0, 0.05) is 38.9 Å². The molecule has 193 valence electrons. The Balaban J connectivity index is 1.34. The van der Waals surface area contributed by atoms with Crippen LogP contribution in [0.2, 0.25) is 13.1 Å². The molecule has 0 amide bonds. The number of nitrogens with zero attached hydrogens (tertiary/aromatic N) is 1. The van der Waals surface area contributed by atoms with E-state index in [1.54, 1.807) is 0 Å². The van der Waals surface area contributed by atoms with Gasteiger partial charge in [-0.1, -0.05) is 103 Å². The van der Waals surface area contributed by atoms with Crippen LogP contribution in [0.25, 0.3) is 43.7 Å². The predicted octanol–water partition coefficient (Wildman–Crippen LogP) is 7.02. The third kappa shape index (κ3) is 3.08. The van der Waals surface area contributed by atoms with Crippen LogP contribution in [0.3, 0.4) is 0 Å². The number of nitrogens with one attached hydrogen (secondary N) is 1. The number of fused-ring (bicyclic) bond motifs is 8. The number of aromatic nitrogens is 1. The SMILES string of the molecule is Cc1cc(-c2cccc3c2[nH]c2cc4ccccc4cc23)c2c(c1)N1c3ccccc3[Si](C)(C)c3cccc(c31)[B]2. The first-order valence-electron chi connectivity index (χ1n) is 14.5. The summed E-state index contributed by atoms with van der Waals surface area (Å²) in [5, 5.41) is 8.10. The van der Waals surface area contributed by atoms with Gasteiger partial charge in [-0.15, -0.1) is 0 Å². The molecule has 0 spiro atoms. The highest BCUT2D eigenvalue weighted by atomic mass is 28.3. The van der Waals surface area contributed by atoms with Crippen molar-refractivity contribution in [3.63, 3.8) is 0 Å². The number of hydrogen-bond acceptors (Lipinski definition) is 1. The molecule has 0 fully saturated rings. The monoisotopic (exact) mass is 539 g/mol. The quantitative estimate of drug-likeness (QED) is 0.222. The minimum absolute atomic E-state index is 1.18. The number of hydrogen-bond donors (Lipinski definition) is 1. The molecule has 1 N–H and O–H groups in total. The highest BCUT2D eigenvalue weighted by Crippen LogP contribution is 2.41. The summed E-state index contributed by atoms with van der Waals surface area (Å²) in [4.78, 5) is 6.39. The van der Waals surface area contributed by atoms with Gasteiger partial charge in [0.25, 0.3) is 0 Å². The summed E-state index contributed by atoms with van der Waals surface area (Å²) >= 11 is 0. The Labute approximate surface area is 241 Å². The number of benzene rings is 6. The van der Waals surface area contributed by atoms with E-state index in [4.69, 9.17) is 0 Å². The minimum Gasteiger partial charge on any atom is -0.354 e. The van der Waals surface area contributed by atoms with E-state index in [0.717, 1.165) is 0 Å². The summed E-state index contributed by atoms with van der Waals surface area (Å²) < 4.78 is 0. The van der Waals surface area contributed by atoms with E-state index in [1.165, 1.54) is 87.6 Å². The van der Waals surface area contributed by atoms with Gasteiger partial charge in [-0.25, -0.2) is 0 Å². The van der Waals surface area contributed by atoms with Crippen LogP contribution in [0.1, 0.15) is 5.56 Å². The van der Waals surface area contributed by atoms with E-state index in [2.05, 4.69) is 146 Å². The number of rotatable bonds is 1. The average molecular weight is 540 g/mol. The molecule has 0 aliphatic carbocycles. The molecule has 0 saturated heterocycles. The Kier molecular flexibility index (Phi) is 4.54. The van der Waals surface area contributed by atoms with Crippen molar-refractivity contribution in [2.45, 2.75) is 20.0 Å². The zero-order valence-corrected chi connectivity index (χ0v) is 24.4. The summed E-state index contributed by atoms with van der Waals surface area (Å²) in [6, 6.07) is 40.8. The molecular formula is C37H28BN2Si. The van der Waals surface area contributed by atoms with Crippen LogP contribution < -0.4 is 26.2 Å². The van der Waals surface area contributed by atoms with Crippen LogP contribution in [-0.2, 0) is 0 Å². The van der Waals surface area contributed by atoms with Gasteiger partial charge in [-0.05, 0) is 68.9 Å². The van der Waals surface area contributed by atoms with Crippen molar-refractivity contribution in [1.29, 1.82) is 0 Å². The van der Waals surface area contributed by atoms with Gasteiger partial charge >= 0.3 is 0 Å². The third-order valence-corrected chi connectivity index (χ3v) is 12.9. The van der Waals surface area contributed by atoms with E-state index < -0.39 is 8.07 Å². The van der Waals surface area contributed by atoms with E-state index in [0.29, 0.717) is 0 Å². The highest BCUT2D eigenvalue weighted by Gasteiger charge is 2.42. The second-order valence-electron chi connectivity index (χ2n) is 12.2. The molecule has 2 aliphatic heterocycles. The number of para-hydroxylation sites is 3. The van der Waals surface area contributed by atoms with Crippen LogP contribution in [0, 0.1) is 6.92 Å². The molecule has 1 aromatic heterocycles. The summed E-state index contributed by atoms with van der Waals surface area (Å²) in [6.07, 6.45) is 0. The maximum atomic E-state index is 3.83. The summed E-state index contributed by atoms with van der Waals surface area (Å²) in [7, 11) is 0.595. The molecule has 41 heavy (non-hydrogen) atoms. The Morgan fingerprint density at radius 1 is 0.659 bits per heavy atom. The fraction of sp³-hybridized carbons (Fsp3) is 0.0811. The molecule has 1 radical (unpaired) electrons. The van der Waals surface area contributed by atoms with E-state index >= 15 is 0 Å². The van der Waals surface area contributed by atoms with Crippen LogP contribution in [0.15, 0.2) is 109 Å². The maximum absolute atomic E-state index is 3.83. The Morgan fingerprint density at radius 2 is 1.41 bits per heavy atom. The molecule has 4 heteroatoms. The zero-order chi connectivity index (χ0) is 27.5. The summed E-state index contributed by atoms with van der Waals surface area (Å²) in [5.74, 6) is 0. The first-order chi connectivity index (χ1) is 20.0. The molecule has 0 saturated carbocycles. The maximum Gasteiger partial charge on any atom is 0.197 e. The van der Waals surface area contributed by atoms with E-state index in [1.807, 2.05) is 0 Å². The van der Waals surface area contributed by atoms with Gasteiger partial charge in [-0.3, -0.25) is 0 Å². The van der Waals surface area contributed by atoms with Gasteiger partial charge in [0.15, 0.2) is 7.28 Å². The lowest BCUT2D eigenvalue weighted by Crippen LogP contribution is -2.62. The Morgan fingerprint density at radius 3 is 2.29 bits per heavy atom. The van der Waals surface area contributed by atoms with Gasteiger partial charge in [-0.2, -0.15) is 0 Å². The van der Waals surface area contributed by atoms with Gasteiger partial charge in [0.05, 0.1) is 5.52 Å². The van der Waals surface area contributed by atoms with Crippen molar-refractivity contribution >= 4 is 86.3 Å². The fourth-order valence-electron chi connectivity index (χ4n) is 7.48. The number of anilines is 3. The van der Waals surface area contributed by atoms with Gasteiger partial charge in [0.1, 0.15) is 8.07 Å². The first-order valence-corrected chi connectivity index (χ1v) is 17.5. The molecule has 7 aromatic rings. The molecule has 2 nitrogen and oxygen atoms in total. The largest absolute Gasteiger partial charge is 0.354 e. The molecular weight excluding hydrogens is 511 g/mol. The van der Waals surface area contributed by atoms with Gasteiger partial charge in [0.2, 0.25) is 0 Å². The molecule has 2 aliphatic rings. The minimum atomic E-state index is -1.84. The fourth-order valence-corrected chi connectivity index (χ4v) is 10.5. The third-order valence-electron chi connectivity index (χ3n) is 9.42. The number of H-pyrrole nitrogens is 1. The number of aromatic amines is 1. The molecule has 3 heterocycles. The van der Waals surface area contributed by atoms with Crippen LogP contribution in [-0.4, -0.2) is 20.3 Å². The lowest BCUT2D eigenvalue weighted by Gasteiger charge is -2.45. The van der Waals surface area contributed by atoms with E-state index in [-0.39, 0.29) is 0 Å². The summed E-state index contributed by atoms with van der Waals surface area (Å²) in [6.45, 7) is 7.23. The van der Waals surface area contributed by atoms with Crippen molar-refractivity contribution in [3.05, 3.63) is 115 Å². The highest BCUT2D eigenvalue weighted by molar-refractivity contribution is 7.03. The molecule has 0 unspecified atom stereocenters. The van der Waals surface area contributed by atoms with Crippen molar-refractivity contribution in [1.82, 2.24) is 4.98 Å². The smallest absolute Gasteiger partial charge is 0.197 e. The second kappa shape index (κ2) is 8.02. The summed E-state index contributed by atoms with van der Waals surface area (Å²) in [5.41, 5.74) is 12.8. The lowest BCUT2D eigenvalue weighted by atomic mass is 9.58. The predicted molar refractivity (Wildman–Crippen MR) is 180 cm³/mol. The number of aryl methyl sites for hydroxylation is 1. The van der Waals surface area contributed by atoms with Crippen LogP contribution in [0.4, 0.5) is 17.1 Å². The topological polar surface area (TPSA) is 19.0 Å². The van der Waals surface area contributed by atoms with Crippen LogP contribution >= 0.6 is 0 Å². The molecule has 9 rings (SSSR count). The first kappa shape index (κ1) is 23.2. The van der Waals surface area contributed by atoms with Crippen molar-refractivity contribution in [3.8, 4) is 11.1 Å². The van der Waals surface area contributed by atoms with Crippen molar-refractivity contribution in [2.24, 2.45) is 0 Å². The second-order valence-corrected chi connectivity index (χ2v) is 16.5. The zero-order valence-electron chi connectivity index (χ0n) is 23.4. The van der Waals surface area contributed by atoms with Crippen molar-refractivity contribution in [2.75, 3.05) is 4.90 Å². The van der Waals surface area contributed by atoms with Crippen LogP contribution in [0.5, 0.6) is 0 Å². The van der Waals surface area contributed by atoms with E-state index in [9.17, 15) is 0 Å².